The lowest BCUT2D eigenvalue weighted by molar-refractivity contribution is -0.384. The van der Waals surface area contributed by atoms with Gasteiger partial charge in [-0.05, 0) is 48.4 Å². The molecule has 4 aromatic rings. The summed E-state index contributed by atoms with van der Waals surface area (Å²) in [6, 6.07) is 15.3. The number of rotatable bonds is 6. The van der Waals surface area contributed by atoms with Gasteiger partial charge in [0.25, 0.3) is 11.6 Å². The minimum absolute atomic E-state index is 0.0385. The molecule has 4 rings (SSSR count). The summed E-state index contributed by atoms with van der Waals surface area (Å²) in [5.41, 5.74) is 2.82. The van der Waals surface area contributed by atoms with E-state index in [-0.39, 0.29) is 18.1 Å². The maximum absolute atomic E-state index is 13.2. The smallest absolute Gasteiger partial charge is 0.270 e. The number of nitro benzene ring substituents is 1. The van der Waals surface area contributed by atoms with Crippen LogP contribution >= 0.6 is 22.9 Å². The number of aromatic nitrogens is 2. The van der Waals surface area contributed by atoms with Gasteiger partial charge in [0.05, 0.1) is 27.4 Å². The highest BCUT2D eigenvalue weighted by Crippen LogP contribution is 2.34. The van der Waals surface area contributed by atoms with E-state index in [0.717, 1.165) is 15.8 Å². The number of non-ortho nitro benzene ring substituents is 1. The first-order chi connectivity index (χ1) is 15.4. The van der Waals surface area contributed by atoms with Crippen molar-refractivity contribution >= 4 is 56.0 Å². The van der Waals surface area contributed by atoms with Crippen LogP contribution in [0.25, 0.3) is 16.3 Å². The molecule has 0 fully saturated rings. The van der Waals surface area contributed by atoms with Gasteiger partial charge in [-0.25, -0.2) is 4.98 Å². The minimum Gasteiger partial charge on any atom is -0.278 e. The van der Waals surface area contributed by atoms with Crippen LogP contribution < -0.4 is 4.90 Å². The normalized spacial score (nSPS) is 11.2. The number of carbonyl (C=O) groups is 1. The van der Waals surface area contributed by atoms with Crippen LogP contribution in [0.15, 0.2) is 66.9 Å². The van der Waals surface area contributed by atoms with E-state index in [2.05, 4.69) is 9.97 Å². The standard InChI is InChI=1S/C23H17ClN4O3S/c1-15-19(24)9-10-20-22(15)26-23(32-20)27(14-17-6-2-3-12-25-17)21(29)11-8-16-5-4-7-18(13-16)28(30)31/h2-13H,14H2,1H3/b11-8+. The van der Waals surface area contributed by atoms with E-state index in [1.54, 1.807) is 30.5 Å². The van der Waals surface area contributed by atoms with Crippen molar-refractivity contribution in [1.82, 2.24) is 9.97 Å². The lowest BCUT2D eigenvalue weighted by Crippen LogP contribution is -2.29. The predicted molar refractivity (Wildman–Crippen MR) is 127 cm³/mol. The lowest BCUT2D eigenvalue weighted by Gasteiger charge is -2.17. The number of halogens is 1. The fraction of sp³-hybridized carbons (Fsp3) is 0.0870. The number of fused-ring (bicyclic) bond motifs is 1. The molecular formula is C23H17ClN4O3S. The highest BCUT2D eigenvalue weighted by Gasteiger charge is 2.20. The molecule has 0 atom stereocenters. The molecule has 7 nitrogen and oxygen atoms in total. The van der Waals surface area contributed by atoms with E-state index in [4.69, 9.17) is 11.6 Å². The van der Waals surface area contributed by atoms with Gasteiger partial charge in [0.1, 0.15) is 0 Å². The second-order valence-corrected chi connectivity index (χ2v) is 8.36. The van der Waals surface area contributed by atoms with Crippen LogP contribution in [0, 0.1) is 17.0 Å². The van der Waals surface area contributed by atoms with Gasteiger partial charge in [0.2, 0.25) is 0 Å². The number of nitro groups is 1. The number of thiazole rings is 1. The Morgan fingerprint density at radius 2 is 2.06 bits per heavy atom. The number of amides is 1. The Kier molecular flexibility index (Phi) is 6.25. The van der Waals surface area contributed by atoms with Crippen molar-refractivity contribution in [3.05, 3.63) is 98.8 Å². The topological polar surface area (TPSA) is 89.2 Å². The summed E-state index contributed by atoms with van der Waals surface area (Å²) in [6.07, 6.45) is 4.60. The number of hydrogen-bond acceptors (Lipinski definition) is 6. The second kappa shape index (κ2) is 9.25. The number of pyridine rings is 1. The molecule has 9 heteroatoms. The van der Waals surface area contributed by atoms with Gasteiger partial charge in [0, 0.05) is 29.4 Å². The molecule has 160 valence electrons. The molecule has 2 heterocycles. The van der Waals surface area contributed by atoms with Gasteiger partial charge >= 0.3 is 0 Å². The average Bonchev–Trinajstić information content (AvgIpc) is 3.24. The maximum atomic E-state index is 13.2. The van der Waals surface area contributed by atoms with Crippen molar-refractivity contribution in [1.29, 1.82) is 0 Å². The number of aryl methyl sites for hydroxylation is 1. The summed E-state index contributed by atoms with van der Waals surface area (Å²) < 4.78 is 0.920. The first kappa shape index (κ1) is 21.6. The molecule has 0 unspecified atom stereocenters. The number of carbonyl (C=O) groups excluding carboxylic acids is 1. The van der Waals surface area contributed by atoms with Crippen molar-refractivity contribution in [2.45, 2.75) is 13.5 Å². The van der Waals surface area contributed by atoms with Gasteiger partial charge in [-0.2, -0.15) is 0 Å². The third kappa shape index (κ3) is 4.66. The molecule has 0 aliphatic heterocycles. The summed E-state index contributed by atoms with van der Waals surface area (Å²) in [7, 11) is 0. The molecule has 1 amide bonds. The van der Waals surface area contributed by atoms with Crippen LogP contribution in [-0.2, 0) is 11.3 Å². The van der Waals surface area contributed by atoms with Crippen molar-refractivity contribution in [3.8, 4) is 0 Å². The Labute approximate surface area is 192 Å². The third-order valence-electron chi connectivity index (χ3n) is 4.78. The fourth-order valence-electron chi connectivity index (χ4n) is 3.10. The predicted octanol–water partition coefficient (Wildman–Crippen LogP) is 5.81. The molecule has 0 radical (unpaired) electrons. The Morgan fingerprint density at radius 3 is 2.81 bits per heavy atom. The van der Waals surface area contributed by atoms with Crippen LogP contribution in [0.1, 0.15) is 16.8 Å². The molecule has 0 spiro atoms. The van der Waals surface area contributed by atoms with E-state index in [1.807, 2.05) is 31.2 Å². The molecule has 0 saturated heterocycles. The molecule has 2 aromatic heterocycles. The van der Waals surface area contributed by atoms with Gasteiger partial charge in [-0.1, -0.05) is 41.1 Å². The minimum atomic E-state index is -0.471. The van der Waals surface area contributed by atoms with Crippen LogP contribution in [-0.4, -0.2) is 20.8 Å². The molecule has 0 aliphatic rings. The number of nitrogens with zero attached hydrogens (tertiary/aromatic N) is 4. The van der Waals surface area contributed by atoms with Crippen LogP contribution in [0.4, 0.5) is 10.8 Å². The molecular weight excluding hydrogens is 448 g/mol. The van der Waals surface area contributed by atoms with Crippen LogP contribution in [0.5, 0.6) is 0 Å². The Balaban J connectivity index is 1.69. The lowest BCUT2D eigenvalue weighted by atomic mass is 10.2. The van der Waals surface area contributed by atoms with Crippen molar-refractivity contribution in [2.75, 3.05) is 4.90 Å². The summed E-state index contributed by atoms with van der Waals surface area (Å²) in [5.74, 6) is -0.315. The Bertz CT molecular complexity index is 1340. The van der Waals surface area contributed by atoms with E-state index in [1.165, 1.54) is 34.4 Å². The van der Waals surface area contributed by atoms with Crippen LogP contribution in [0.3, 0.4) is 0 Å². The van der Waals surface area contributed by atoms with Gasteiger partial charge in [-0.3, -0.25) is 24.8 Å². The summed E-state index contributed by atoms with van der Waals surface area (Å²) in [6.45, 7) is 2.12. The van der Waals surface area contributed by atoms with E-state index >= 15 is 0 Å². The SMILES string of the molecule is Cc1c(Cl)ccc2sc(N(Cc3ccccn3)C(=O)/C=C/c3cccc([N+](=O)[O-])c3)nc12. The molecule has 0 bridgehead atoms. The van der Waals surface area contributed by atoms with Gasteiger partial charge < -0.3 is 0 Å². The first-order valence-electron chi connectivity index (χ1n) is 9.62. The Morgan fingerprint density at radius 1 is 1.22 bits per heavy atom. The largest absolute Gasteiger partial charge is 0.278 e. The van der Waals surface area contributed by atoms with E-state index in [0.29, 0.717) is 21.4 Å². The highest BCUT2D eigenvalue weighted by molar-refractivity contribution is 7.22. The third-order valence-corrected chi connectivity index (χ3v) is 6.23. The van der Waals surface area contributed by atoms with Gasteiger partial charge in [-0.15, -0.1) is 0 Å². The summed E-state index contributed by atoms with van der Waals surface area (Å²) in [5, 5.41) is 12.1. The van der Waals surface area contributed by atoms with Crippen LogP contribution in [0.2, 0.25) is 5.02 Å². The summed E-state index contributed by atoms with van der Waals surface area (Å²) >= 11 is 7.62. The van der Waals surface area contributed by atoms with E-state index in [9.17, 15) is 14.9 Å². The number of anilines is 1. The first-order valence-corrected chi connectivity index (χ1v) is 10.8. The molecule has 2 aromatic carbocycles. The van der Waals surface area contributed by atoms with E-state index < -0.39 is 4.92 Å². The monoisotopic (exact) mass is 464 g/mol. The zero-order chi connectivity index (χ0) is 22.7. The zero-order valence-electron chi connectivity index (χ0n) is 16.9. The second-order valence-electron chi connectivity index (χ2n) is 6.95. The fourth-order valence-corrected chi connectivity index (χ4v) is 4.28. The summed E-state index contributed by atoms with van der Waals surface area (Å²) in [4.78, 5) is 34.3. The molecule has 0 saturated carbocycles. The quantitative estimate of drug-likeness (QED) is 0.204. The van der Waals surface area contributed by atoms with Crippen molar-refractivity contribution in [3.63, 3.8) is 0 Å². The molecule has 0 aliphatic carbocycles. The maximum Gasteiger partial charge on any atom is 0.270 e. The Hall–Kier alpha value is -3.62. The highest BCUT2D eigenvalue weighted by atomic mass is 35.5. The number of benzene rings is 2. The molecule has 32 heavy (non-hydrogen) atoms. The average molecular weight is 465 g/mol. The zero-order valence-corrected chi connectivity index (χ0v) is 18.5. The van der Waals surface area contributed by atoms with Crippen molar-refractivity contribution in [2.24, 2.45) is 0 Å². The van der Waals surface area contributed by atoms with Gasteiger partial charge in [0.15, 0.2) is 5.13 Å². The number of hydrogen-bond donors (Lipinski definition) is 0. The molecule has 0 N–H and O–H groups in total. The van der Waals surface area contributed by atoms with Crippen molar-refractivity contribution < 1.29 is 9.72 Å².